The zero-order chi connectivity index (χ0) is 13.0. The van der Waals surface area contributed by atoms with Crippen LogP contribution in [-0.4, -0.2) is 36.1 Å². The van der Waals surface area contributed by atoms with Crippen molar-refractivity contribution in [1.29, 1.82) is 0 Å². The van der Waals surface area contributed by atoms with E-state index in [-0.39, 0.29) is 10.6 Å². The molecule has 0 saturated carbocycles. The van der Waals surface area contributed by atoms with Gasteiger partial charge in [-0.25, -0.2) is 4.98 Å². The third-order valence-electron chi connectivity index (χ3n) is 3.23. The second kappa shape index (κ2) is 5.77. The van der Waals surface area contributed by atoms with Crippen molar-refractivity contribution in [2.24, 2.45) is 0 Å². The van der Waals surface area contributed by atoms with Crippen LogP contribution in [0.4, 0.5) is 11.5 Å². The lowest BCUT2D eigenvalue weighted by molar-refractivity contribution is -0.384. The number of rotatable bonds is 4. The molecular formula is C12H18N4O2. The number of piperidine rings is 1. The number of anilines is 1. The number of aromatic nitrogens is 1. The van der Waals surface area contributed by atoms with Crippen LogP contribution >= 0.6 is 0 Å². The molecule has 0 spiro atoms. The molecule has 1 N–H and O–H groups in total. The molecule has 0 amide bonds. The van der Waals surface area contributed by atoms with Crippen molar-refractivity contribution in [2.75, 3.05) is 25.0 Å². The van der Waals surface area contributed by atoms with Crippen molar-refractivity contribution in [3.8, 4) is 0 Å². The molecule has 1 aliphatic rings. The largest absolute Gasteiger partial charge is 0.352 e. The van der Waals surface area contributed by atoms with E-state index in [0.29, 0.717) is 11.9 Å². The van der Waals surface area contributed by atoms with Crippen LogP contribution in [0.1, 0.15) is 19.3 Å². The summed E-state index contributed by atoms with van der Waals surface area (Å²) in [6, 6.07) is 3.48. The molecule has 1 fully saturated rings. The summed E-state index contributed by atoms with van der Waals surface area (Å²) in [4.78, 5) is 16.5. The number of hydrogen-bond donors (Lipinski definition) is 1. The number of hydrogen-bond acceptors (Lipinski definition) is 5. The first-order valence-electron chi connectivity index (χ1n) is 6.22. The highest BCUT2D eigenvalue weighted by Gasteiger charge is 2.21. The Kier molecular flexibility index (Phi) is 4.09. The Labute approximate surface area is 106 Å². The zero-order valence-corrected chi connectivity index (χ0v) is 10.5. The van der Waals surface area contributed by atoms with E-state index in [1.165, 1.54) is 18.9 Å². The van der Waals surface area contributed by atoms with Crippen molar-refractivity contribution in [2.45, 2.75) is 25.3 Å². The van der Waals surface area contributed by atoms with Crippen molar-refractivity contribution in [1.82, 2.24) is 10.3 Å². The topological polar surface area (TPSA) is 71.3 Å². The highest BCUT2D eigenvalue weighted by atomic mass is 16.6. The lowest BCUT2D eigenvalue weighted by Gasteiger charge is -2.28. The van der Waals surface area contributed by atoms with E-state index in [0.717, 1.165) is 19.5 Å². The molecule has 18 heavy (non-hydrogen) atoms. The lowest BCUT2D eigenvalue weighted by Crippen LogP contribution is -2.42. The zero-order valence-electron chi connectivity index (χ0n) is 10.5. The van der Waals surface area contributed by atoms with Crippen LogP contribution < -0.4 is 10.2 Å². The summed E-state index contributed by atoms with van der Waals surface area (Å²) >= 11 is 0. The Balaban J connectivity index is 2.08. The molecule has 2 rings (SSSR count). The van der Waals surface area contributed by atoms with E-state index in [2.05, 4.69) is 10.3 Å². The van der Waals surface area contributed by atoms with Crippen molar-refractivity contribution in [3.05, 3.63) is 28.4 Å². The van der Waals surface area contributed by atoms with Gasteiger partial charge in [0.25, 0.3) is 0 Å². The van der Waals surface area contributed by atoms with Gasteiger partial charge in [-0.1, -0.05) is 6.42 Å². The molecule has 6 nitrogen and oxygen atoms in total. The molecule has 0 aliphatic carbocycles. The summed E-state index contributed by atoms with van der Waals surface area (Å²) in [5, 5.41) is 14.4. The average Bonchev–Trinajstić information content (AvgIpc) is 2.40. The fraction of sp³-hybridized carbons (Fsp3) is 0.583. The van der Waals surface area contributed by atoms with Gasteiger partial charge < -0.3 is 10.2 Å². The maximum atomic E-state index is 10.9. The molecule has 0 radical (unpaired) electrons. The highest BCUT2D eigenvalue weighted by Crippen LogP contribution is 2.24. The van der Waals surface area contributed by atoms with Gasteiger partial charge in [0.15, 0.2) is 0 Å². The maximum absolute atomic E-state index is 10.9. The number of pyridine rings is 1. The second-order valence-electron chi connectivity index (χ2n) is 4.63. The first-order chi connectivity index (χ1) is 8.68. The van der Waals surface area contributed by atoms with Gasteiger partial charge in [-0.2, -0.15) is 0 Å². The van der Waals surface area contributed by atoms with Gasteiger partial charge in [0.2, 0.25) is 5.82 Å². The van der Waals surface area contributed by atoms with Crippen LogP contribution in [0.3, 0.4) is 0 Å². The molecule has 98 valence electrons. The number of nitrogens with zero attached hydrogens (tertiary/aromatic N) is 3. The van der Waals surface area contributed by atoms with Gasteiger partial charge >= 0.3 is 5.69 Å². The van der Waals surface area contributed by atoms with E-state index >= 15 is 0 Å². The third kappa shape index (κ3) is 2.95. The van der Waals surface area contributed by atoms with Crippen molar-refractivity contribution < 1.29 is 4.92 Å². The predicted molar refractivity (Wildman–Crippen MR) is 69.8 cm³/mol. The second-order valence-corrected chi connectivity index (χ2v) is 4.63. The minimum absolute atomic E-state index is 0.0656. The van der Waals surface area contributed by atoms with Gasteiger partial charge in [-0.15, -0.1) is 0 Å². The van der Waals surface area contributed by atoms with Crippen molar-refractivity contribution in [3.63, 3.8) is 0 Å². The van der Waals surface area contributed by atoms with Crippen LogP contribution in [0, 0.1) is 10.1 Å². The normalized spacial score (nSPS) is 19.5. The van der Waals surface area contributed by atoms with Crippen LogP contribution in [-0.2, 0) is 0 Å². The SMILES string of the molecule is CN(C[C@H]1CCCCN1)c1ncccc1[N+](=O)[O-]. The Morgan fingerprint density at radius 1 is 1.61 bits per heavy atom. The summed E-state index contributed by atoms with van der Waals surface area (Å²) in [6.07, 6.45) is 5.14. The first kappa shape index (κ1) is 12.8. The van der Waals surface area contributed by atoms with E-state index in [1.807, 2.05) is 11.9 Å². The monoisotopic (exact) mass is 250 g/mol. The smallest absolute Gasteiger partial charge is 0.311 e. The Morgan fingerprint density at radius 2 is 2.44 bits per heavy atom. The van der Waals surface area contributed by atoms with E-state index in [4.69, 9.17) is 0 Å². The highest BCUT2D eigenvalue weighted by molar-refractivity contribution is 5.56. The molecule has 1 saturated heterocycles. The Morgan fingerprint density at radius 3 is 3.11 bits per heavy atom. The summed E-state index contributed by atoms with van der Waals surface area (Å²) in [5.41, 5.74) is 0.0656. The van der Waals surface area contributed by atoms with Gasteiger partial charge in [-0.3, -0.25) is 10.1 Å². The molecule has 1 aliphatic heterocycles. The lowest BCUT2D eigenvalue weighted by atomic mass is 10.0. The molecule has 0 unspecified atom stereocenters. The van der Waals surface area contributed by atoms with Gasteiger partial charge in [0.05, 0.1) is 4.92 Å². The van der Waals surface area contributed by atoms with E-state index < -0.39 is 0 Å². The molecular weight excluding hydrogens is 232 g/mol. The van der Waals surface area contributed by atoms with Crippen LogP contribution in [0.5, 0.6) is 0 Å². The fourth-order valence-corrected chi connectivity index (χ4v) is 2.32. The molecule has 2 heterocycles. The summed E-state index contributed by atoms with van der Waals surface area (Å²) < 4.78 is 0. The van der Waals surface area contributed by atoms with Gasteiger partial charge in [0.1, 0.15) is 0 Å². The van der Waals surface area contributed by atoms with E-state index in [9.17, 15) is 10.1 Å². The fourth-order valence-electron chi connectivity index (χ4n) is 2.32. The van der Waals surface area contributed by atoms with E-state index in [1.54, 1.807) is 12.3 Å². The molecule has 6 heteroatoms. The molecule has 0 bridgehead atoms. The molecule has 0 aromatic carbocycles. The Hall–Kier alpha value is -1.69. The predicted octanol–water partition coefficient (Wildman–Crippen LogP) is 1.57. The minimum Gasteiger partial charge on any atom is -0.352 e. The number of nitrogens with one attached hydrogen (secondary N) is 1. The standard InChI is InChI=1S/C12H18N4O2/c1-15(9-10-5-2-3-7-13-10)12-11(16(17)18)6-4-8-14-12/h4,6,8,10,13H,2-3,5,7,9H2,1H3/t10-/m1/s1. The maximum Gasteiger partial charge on any atom is 0.311 e. The molecule has 1 atom stereocenters. The molecule has 1 aromatic heterocycles. The van der Waals surface area contributed by atoms with Crippen LogP contribution in [0.25, 0.3) is 0 Å². The number of nitro groups is 1. The van der Waals surface area contributed by atoms with Gasteiger partial charge in [-0.05, 0) is 25.5 Å². The summed E-state index contributed by atoms with van der Waals surface area (Å²) in [6.45, 7) is 1.78. The quantitative estimate of drug-likeness (QED) is 0.648. The third-order valence-corrected chi connectivity index (χ3v) is 3.23. The Bertz CT molecular complexity index is 418. The average molecular weight is 250 g/mol. The van der Waals surface area contributed by atoms with Crippen molar-refractivity contribution >= 4 is 11.5 Å². The molecule has 1 aromatic rings. The summed E-state index contributed by atoms with van der Waals surface area (Å²) in [5.74, 6) is 0.440. The summed E-state index contributed by atoms with van der Waals surface area (Å²) in [7, 11) is 1.85. The number of likely N-dealkylation sites (N-methyl/N-ethyl adjacent to an activating group) is 1. The first-order valence-corrected chi connectivity index (χ1v) is 6.22. The van der Waals surface area contributed by atoms with Crippen LogP contribution in [0.15, 0.2) is 18.3 Å². The minimum atomic E-state index is -0.382. The van der Waals surface area contributed by atoms with Gasteiger partial charge in [0, 0.05) is 31.9 Å². The van der Waals surface area contributed by atoms with Crippen LogP contribution in [0.2, 0.25) is 0 Å².